The zero-order valence-corrected chi connectivity index (χ0v) is 21.3. The molecule has 1 atom stereocenters. The second kappa shape index (κ2) is 10.9. The van der Waals surface area contributed by atoms with Gasteiger partial charge in [0, 0.05) is 50.5 Å². The average molecular weight is 541 g/mol. The molecule has 11 heteroatoms. The van der Waals surface area contributed by atoms with Crippen LogP contribution in [0.5, 0.6) is 0 Å². The number of allylic oxidation sites excluding steroid dienone is 3. The molecule has 3 N–H and O–H groups in total. The van der Waals surface area contributed by atoms with E-state index in [1.165, 1.54) is 25.3 Å². The van der Waals surface area contributed by atoms with Crippen LogP contribution in [-0.2, 0) is 16.9 Å². The summed E-state index contributed by atoms with van der Waals surface area (Å²) in [5.74, 6) is -3.81. The van der Waals surface area contributed by atoms with Gasteiger partial charge in [0.2, 0.25) is 0 Å². The molecule has 39 heavy (non-hydrogen) atoms. The summed E-state index contributed by atoms with van der Waals surface area (Å²) >= 11 is 0. The lowest BCUT2D eigenvalue weighted by atomic mass is 9.72. The molecule has 0 radical (unpaired) electrons. The number of nitriles is 1. The van der Waals surface area contributed by atoms with E-state index < -0.39 is 29.5 Å². The van der Waals surface area contributed by atoms with Gasteiger partial charge in [-0.2, -0.15) is 14.0 Å². The van der Waals surface area contributed by atoms with Crippen LogP contribution in [0.25, 0.3) is 0 Å². The van der Waals surface area contributed by atoms with Gasteiger partial charge in [0.15, 0.2) is 11.6 Å². The Kier molecular flexibility index (Phi) is 7.79. The molecule has 204 valence electrons. The van der Waals surface area contributed by atoms with E-state index in [4.69, 9.17) is 11.0 Å². The molecule has 2 saturated heterocycles. The Hall–Kier alpha value is -4.17. The summed E-state index contributed by atoms with van der Waals surface area (Å²) in [5.41, 5.74) is 6.63. The fourth-order valence-electron chi connectivity index (χ4n) is 5.17. The molecule has 2 aliphatic heterocycles. The summed E-state index contributed by atoms with van der Waals surface area (Å²) in [6.45, 7) is 8.98. The summed E-state index contributed by atoms with van der Waals surface area (Å²) in [5, 5.41) is 11.3. The number of amides is 1. The van der Waals surface area contributed by atoms with Crippen molar-refractivity contribution in [2.45, 2.75) is 25.4 Å². The first-order valence-corrected chi connectivity index (χ1v) is 12.2. The Morgan fingerprint density at radius 2 is 1.97 bits per heavy atom. The van der Waals surface area contributed by atoms with Crippen molar-refractivity contribution in [3.05, 3.63) is 101 Å². The van der Waals surface area contributed by atoms with E-state index in [2.05, 4.69) is 32.7 Å². The van der Waals surface area contributed by atoms with Gasteiger partial charge in [0.05, 0.1) is 23.0 Å². The lowest BCUT2D eigenvalue weighted by Gasteiger charge is -2.61. The van der Waals surface area contributed by atoms with Gasteiger partial charge >= 0.3 is 6.43 Å². The lowest BCUT2D eigenvalue weighted by molar-refractivity contribution is -0.133. The lowest BCUT2D eigenvalue weighted by Crippen LogP contribution is -2.71. The number of hydrogen-bond donors (Lipinski definition) is 2. The smallest absolute Gasteiger partial charge is 0.315 e. The van der Waals surface area contributed by atoms with Crippen LogP contribution < -0.4 is 11.1 Å². The van der Waals surface area contributed by atoms with Gasteiger partial charge in [-0.1, -0.05) is 24.8 Å². The Balaban J connectivity index is 1.41. The van der Waals surface area contributed by atoms with E-state index in [1.54, 1.807) is 24.4 Å². The second-order valence-corrected chi connectivity index (χ2v) is 10.1. The van der Waals surface area contributed by atoms with E-state index in [1.807, 2.05) is 0 Å². The Bertz CT molecular complexity index is 1350. The quantitative estimate of drug-likeness (QED) is 0.287. The normalized spacial score (nSPS) is 18.6. The monoisotopic (exact) mass is 540 g/mol. The fraction of sp³-hybridized carbons (Fsp3) is 0.321. The van der Waals surface area contributed by atoms with Crippen molar-refractivity contribution in [3.8, 4) is 6.07 Å². The molecule has 4 rings (SSSR count). The predicted molar refractivity (Wildman–Crippen MR) is 137 cm³/mol. The second-order valence-electron chi connectivity index (χ2n) is 10.1. The number of halogens is 4. The van der Waals surface area contributed by atoms with E-state index >= 15 is 0 Å². The maximum absolute atomic E-state index is 14.0. The molecule has 1 amide bonds. The largest absolute Gasteiger partial charge is 0.403 e. The van der Waals surface area contributed by atoms with Crippen LogP contribution in [0.1, 0.15) is 23.7 Å². The van der Waals surface area contributed by atoms with Gasteiger partial charge < -0.3 is 16.0 Å². The number of hydrogen-bond acceptors (Lipinski definition) is 6. The Morgan fingerprint density at radius 3 is 2.51 bits per heavy atom. The molecular weight excluding hydrogens is 512 g/mol. The minimum atomic E-state index is -3.29. The van der Waals surface area contributed by atoms with E-state index in [0.29, 0.717) is 12.1 Å². The van der Waals surface area contributed by atoms with Crippen molar-refractivity contribution in [1.82, 2.24) is 20.1 Å². The molecule has 0 bridgehead atoms. The number of likely N-dealkylation sites (tertiary alicyclic amines) is 2. The summed E-state index contributed by atoms with van der Waals surface area (Å²) < 4.78 is 53.6. The van der Waals surface area contributed by atoms with Crippen LogP contribution in [-0.4, -0.2) is 53.3 Å². The molecule has 0 aliphatic carbocycles. The summed E-state index contributed by atoms with van der Waals surface area (Å²) in [6, 6.07) is 8.37. The minimum absolute atomic E-state index is 0.0746. The van der Waals surface area contributed by atoms with Gasteiger partial charge in [0.1, 0.15) is 5.54 Å². The molecule has 7 nitrogen and oxygen atoms in total. The first-order chi connectivity index (χ1) is 18.5. The van der Waals surface area contributed by atoms with Crippen LogP contribution in [0.2, 0.25) is 0 Å². The van der Waals surface area contributed by atoms with Crippen molar-refractivity contribution >= 4 is 5.91 Å². The van der Waals surface area contributed by atoms with Crippen LogP contribution in [0.4, 0.5) is 17.6 Å². The molecular formula is C28H28F4N6O. The van der Waals surface area contributed by atoms with Gasteiger partial charge in [0.25, 0.3) is 5.91 Å². The topological polar surface area (TPSA) is 98.3 Å². The van der Waals surface area contributed by atoms with Gasteiger partial charge in [-0.05, 0) is 42.3 Å². The van der Waals surface area contributed by atoms with Crippen molar-refractivity contribution in [1.29, 1.82) is 5.26 Å². The van der Waals surface area contributed by atoms with Crippen LogP contribution in [0.15, 0.2) is 72.7 Å². The van der Waals surface area contributed by atoms with Crippen LogP contribution in [0, 0.1) is 28.4 Å². The number of benzene rings is 1. The highest BCUT2D eigenvalue weighted by atomic mass is 19.3. The van der Waals surface area contributed by atoms with Crippen molar-refractivity contribution in [3.63, 3.8) is 0 Å². The number of pyridine rings is 1. The highest BCUT2D eigenvalue weighted by Crippen LogP contribution is 2.42. The zero-order valence-electron chi connectivity index (χ0n) is 21.3. The van der Waals surface area contributed by atoms with Crippen molar-refractivity contribution in [2.24, 2.45) is 11.1 Å². The summed E-state index contributed by atoms with van der Waals surface area (Å²) in [6.07, 6.45) is 2.96. The van der Waals surface area contributed by atoms with Crippen LogP contribution in [0.3, 0.4) is 0 Å². The number of nitrogens with zero attached hydrogens (tertiary/aromatic N) is 4. The first-order valence-electron chi connectivity index (χ1n) is 12.2. The number of carbonyl (C=O) groups is 1. The summed E-state index contributed by atoms with van der Waals surface area (Å²) in [7, 11) is 0. The average Bonchev–Trinajstić information content (AvgIpc) is 2.87. The Morgan fingerprint density at radius 1 is 1.26 bits per heavy atom. The van der Waals surface area contributed by atoms with Gasteiger partial charge in [-0.15, -0.1) is 0 Å². The third-order valence-corrected chi connectivity index (χ3v) is 7.17. The van der Waals surface area contributed by atoms with E-state index in [0.717, 1.165) is 49.6 Å². The number of aromatic nitrogens is 1. The predicted octanol–water partition coefficient (Wildman–Crippen LogP) is 3.56. The molecule has 1 spiro atoms. The third-order valence-electron chi connectivity index (χ3n) is 7.17. The number of nitrogens with one attached hydrogen (secondary N) is 1. The molecule has 1 aromatic heterocycles. The molecule has 2 aromatic rings. The molecule has 1 aromatic carbocycles. The Labute approximate surface area is 223 Å². The van der Waals surface area contributed by atoms with Crippen molar-refractivity contribution in [2.75, 3.05) is 26.2 Å². The standard InChI is InChI=1S/C28H28F4N6O/c1-3-18(10-33)8-21(11-34)38-16-28(17-38)14-37(15-28)13-19-4-7-24(35-12-19)27(2,36-26(39)25(31)32)20-5-6-22(29)23(30)9-20/h3-9,11-12,25H,1,13-17,34H2,2H3,(H,36,39)/b18-8+,21-11+. The molecule has 0 saturated carbocycles. The molecule has 1 unspecified atom stereocenters. The molecule has 2 fully saturated rings. The fourth-order valence-corrected chi connectivity index (χ4v) is 5.17. The van der Waals surface area contributed by atoms with Gasteiger partial charge in [-0.25, -0.2) is 8.78 Å². The highest BCUT2D eigenvalue weighted by Gasteiger charge is 2.51. The third kappa shape index (κ3) is 5.66. The maximum Gasteiger partial charge on any atom is 0.315 e. The van der Waals surface area contributed by atoms with E-state index in [-0.39, 0.29) is 16.7 Å². The summed E-state index contributed by atoms with van der Waals surface area (Å²) in [4.78, 5) is 20.6. The molecule has 2 aliphatic rings. The number of rotatable bonds is 9. The van der Waals surface area contributed by atoms with Gasteiger partial charge in [-0.3, -0.25) is 14.7 Å². The zero-order chi connectivity index (χ0) is 28.4. The van der Waals surface area contributed by atoms with E-state index in [9.17, 15) is 22.4 Å². The number of alkyl halides is 2. The number of nitrogens with two attached hydrogens (primary N) is 1. The highest BCUT2D eigenvalue weighted by molar-refractivity contribution is 5.80. The van der Waals surface area contributed by atoms with Crippen molar-refractivity contribution < 1.29 is 22.4 Å². The minimum Gasteiger partial charge on any atom is -0.403 e. The first kappa shape index (κ1) is 27.9. The maximum atomic E-state index is 14.0. The number of carbonyl (C=O) groups excluding carboxylic acids is 1. The van der Waals surface area contributed by atoms with Crippen LogP contribution >= 0.6 is 0 Å². The molecule has 3 heterocycles. The SMILES string of the molecule is C=C/C(C#N)=C\C(=C/N)N1CC2(CN(Cc3ccc(C(C)(NC(=O)C(F)F)c4ccc(F)c(F)c4)nc3)C2)C1.